The number of methoxy groups -OCH3 is 2. The van der Waals surface area contributed by atoms with Crippen LogP contribution in [0.15, 0.2) is 60.1 Å². The Morgan fingerprint density at radius 1 is 1.00 bits per heavy atom. The molecule has 4 fully saturated rings. The lowest BCUT2D eigenvalue weighted by Crippen LogP contribution is -2.48. The number of ether oxygens (including phenoxy) is 3. The highest BCUT2D eigenvalue weighted by Crippen LogP contribution is 2.61. The van der Waals surface area contributed by atoms with Crippen molar-refractivity contribution in [2.24, 2.45) is 22.7 Å². The molecule has 5 heteroatoms. The Kier molecular flexibility index (Phi) is 6.20. The smallest absolute Gasteiger partial charge is 0.338 e. The van der Waals surface area contributed by atoms with Crippen molar-refractivity contribution in [3.63, 3.8) is 0 Å². The van der Waals surface area contributed by atoms with Gasteiger partial charge in [-0.1, -0.05) is 12.7 Å². The second-order valence-corrected chi connectivity index (χ2v) is 10.2. The number of hydrogen-bond donors (Lipinski definition) is 0. The van der Waals surface area contributed by atoms with E-state index in [-0.39, 0.29) is 18.0 Å². The van der Waals surface area contributed by atoms with Crippen LogP contribution in [-0.4, -0.2) is 32.7 Å². The average molecular weight is 460 g/mol. The Labute approximate surface area is 201 Å². The summed E-state index contributed by atoms with van der Waals surface area (Å²) in [5, 5.41) is 0. The summed E-state index contributed by atoms with van der Waals surface area (Å²) < 4.78 is 16.7. The molecule has 0 unspecified atom stereocenters. The summed E-state index contributed by atoms with van der Waals surface area (Å²) in [4.78, 5) is 16.8. The van der Waals surface area contributed by atoms with Gasteiger partial charge in [0.15, 0.2) is 0 Å². The molecule has 4 saturated carbocycles. The van der Waals surface area contributed by atoms with Crippen molar-refractivity contribution in [2.45, 2.75) is 43.9 Å². The van der Waals surface area contributed by atoms with Crippen LogP contribution in [-0.2, 0) is 14.9 Å². The first-order valence-corrected chi connectivity index (χ1v) is 12.2. The molecule has 4 aliphatic rings. The minimum Gasteiger partial charge on any atom is -0.496 e. The van der Waals surface area contributed by atoms with Crippen LogP contribution in [0.25, 0.3) is 0 Å². The quantitative estimate of drug-likeness (QED) is 0.213. The van der Waals surface area contributed by atoms with E-state index < -0.39 is 0 Å². The zero-order valence-corrected chi connectivity index (χ0v) is 20.1. The lowest BCUT2D eigenvalue weighted by molar-refractivity contribution is -0.00616. The minimum atomic E-state index is -0.377. The number of esters is 1. The topological polar surface area (TPSA) is 57.1 Å². The molecule has 6 rings (SSSR count). The predicted molar refractivity (Wildman–Crippen MR) is 133 cm³/mol. The molecule has 4 bridgehead atoms. The molecule has 178 valence electrons. The van der Waals surface area contributed by atoms with E-state index >= 15 is 0 Å². The standard InChI is InChI=1S/C29H33NO4/c1-4-11-34-28(31)22-5-8-24(9-6-22)30-27(33-3)23-7-10-26(32-2)25(15-23)29-16-19-12-20(17-29)14-21(13-19)18-29/h4-10,15,19-21H,1,11-14,16-18H2,2-3H3. The van der Waals surface area contributed by atoms with Crippen molar-refractivity contribution >= 4 is 17.6 Å². The Morgan fingerprint density at radius 3 is 2.18 bits per heavy atom. The molecule has 0 N–H and O–H groups in total. The average Bonchev–Trinajstić information content (AvgIpc) is 2.85. The third-order valence-corrected chi connectivity index (χ3v) is 7.92. The first-order chi connectivity index (χ1) is 16.5. The summed E-state index contributed by atoms with van der Waals surface area (Å²) in [6.45, 7) is 3.75. The molecule has 2 aromatic carbocycles. The number of carbonyl (C=O) groups is 1. The third-order valence-electron chi connectivity index (χ3n) is 7.92. The maximum atomic E-state index is 12.0. The van der Waals surface area contributed by atoms with Gasteiger partial charge >= 0.3 is 5.97 Å². The summed E-state index contributed by atoms with van der Waals surface area (Å²) in [6.07, 6.45) is 9.56. The van der Waals surface area contributed by atoms with E-state index in [0.717, 1.165) is 29.1 Å². The van der Waals surface area contributed by atoms with Gasteiger partial charge in [0, 0.05) is 11.1 Å². The fourth-order valence-electron chi connectivity index (χ4n) is 6.93. The van der Waals surface area contributed by atoms with E-state index in [1.54, 1.807) is 44.6 Å². The molecule has 2 aromatic rings. The van der Waals surface area contributed by atoms with Crippen LogP contribution in [0.2, 0.25) is 0 Å². The maximum absolute atomic E-state index is 12.0. The SMILES string of the molecule is C=CCOC(=O)c1ccc(N=C(OC)c2ccc(OC)c(C34CC5CC(CC(C5)C3)C4)c2)cc1. The highest BCUT2D eigenvalue weighted by molar-refractivity contribution is 5.96. The number of carbonyl (C=O) groups excluding carboxylic acids is 1. The van der Waals surface area contributed by atoms with Crippen molar-refractivity contribution in [1.82, 2.24) is 0 Å². The monoisotopic (exact) mass is 459 g/mol. The largest absolute Gasteiger partial charge is 0.496 e. The van der Waals surface area contributed by atoms with Crippen LogP contribution in [0.3, 0.4) is 0 Å². The molecule has 4 aliphatic carbocycles. The number of aliphatic imine (C=N–C) groups is 1. The van der Waals surface area contributed by atoms with Gasteiger partial charge in [0.25, 0.3) is 0 Å². The molecule has 0 atom stereocenters. The molecular formula is C29H33NO4. The van der Waals surface area contributed by atoms with Gasteiger partial charge in [-0.15, -0.1) is 0 Å². The lowest BCUT2D eigenvalue weighted by atomic mass is 9.48. The molecule has 0 aliphatic heterocycles. The van der Waals surface area contributed by atoms with E-state index in [1.807, 2.05) is 6.07 Å². The van der Waals surface area contributed by atoms with Gasteiger partial charge in [0.2, 0.25) is 5.90 Å². The van der Waals surface area contributed by atoms with Crippen LogP contribution in [0.4, 0.5) is 5.69 Å². The van der Waals surface area contributed by atoms with Gasteiger partial charge in [-0.2, -0.15) is 0 Å². The Morgan fingerprint density at radius 2 is 1.62 bits per heavy atom. The van der Waals surface area contributed by atoms with Crippen LogP contribution >= 0.6 is 0 Å². The van der Waals surface area contributed by atoms with Crippen molar-refractivity contribution in [1.29, 1.82) is 0 Å². The van der Waals surface area contributed by atoms with E-state index in [9.17, 15) is 4.79 Å². The fourth-order valence-corrected chi connectivity index (χ4v) is 6.93. The molecule has 0 spiro atoms. The predicted octanol–water partition coefficient (Wildman–Crippen LogP) is 6.23. The van der Waals surface area contributed by atoms with E-state index in [1.165, 1.54) is 44.1 Å². The van der Waals surface area contributed by atoms with Crippen LogP contribution in [0, 0.1) is 17.8 Å². The van der Waals surface area contributed by atoms with Crippen molar-refractivity contribution in [3.8, 4) is 5.75 Å². The third kappa shape index (κ3) is 4.24. The number of rotatable bonds is 7. The first kappa shape index (κ1) is 22.7. The van der Waals surface area contributed by atoms with Gasteiger partial charge in [-0.25, -0.2) is 9.79 Å². The highest BCUT2D eigenvalue weighted by Gasteiger charge is 2.52. The van der Waals surface area contributed by atoms with Gasteiger partial charge in [0.1, 0.15) is 12.4 Å². The lowest BCUT2D eigenvalue weighted by Gasteiger charge is -2.57. The Bertz CT molecular complexity index is 1070. The molecular weight excluding hydrogens is 426 g/mol. The molecule has 0 radical (unpaired) electrons. The zero-order valence-electron chi connectivity index (χ0n) is 20.1. The van der Waals surface area contributed by atoms with Crippen molar-refractivity contribution < 1.29 is 19.0 Å². The van der Waals surface area contributed by atoms with E-state index in [2.05, 4.69) is 18.7 Å². The van der Waals surface area contributed by atoms with E-state index in [4.69, 9.17) is 19.2 Å². The molecule has 0 saturated heterocycles. The second-order valence-electron chi connectivity index (χ2n) is 10.2. The number of hydrogen-bond acceptors (Lipinski definition) is 5. The van der Waals surface area contributed by atoms with Crippen molar-refractivity contribution in [2.75, 3.05) is 20.8 Å². The summed E-state index contributed by atoms with van der Waals surface area (Å²) in [5.41, 5.74) is 3.67. The molecule has 34 heavy (non-hydrogen) atoms. The Hall–Kier alpha value is -3.08. The minimum absolute atomic E-state index is 0.191. The molecule has 0 heterocycles. The van der Waals surface area contributed by atoms with Crippen LogP contribution < -0.4 is 4.74 Å². The van der Waals surface area contributed by atoms with Gasteiger partial charge in [0.05, 0.1) is 25.5 Å². The maximum Gasteiger partial charge on any atom is 0.338 e. The fraction of sp³-hybridized carbons (Fsp3) is 0.448. The normalized spacial score (nSPS) is 27.4. The summed E-state index contributed by atoms with van der Waals surface area (Å²) in [7, 11) is 3.42. The number of nitrogens with zero attached hydrogens (tertiary/aromatic N) is 1. The molecule has 0 amide bonds. The molecule has 5 nitrogen and oxygen atoms in total. The summed E-state index contributed by atoms with van der Waals surface area (Å²) in [5.74, 6) is 3.71. The van der Waals surface area contributed by atoms with Gasteiger partial charge in [-0.05, 0) is 104 Å². The van der Waals surface area contributed by atoms with Gasteiger partial charge in [-0.3, -0.25) is 0 Å². The van der Waals surface area contributed by atoms with Gasteiger partial charge < -0.3 is 14.2 Å². The van der Waals surface area contributed by atoms with E-state index in [0.29, 0.717) is 17.1 Å². The second kappa shape index (κ2) is 9.28. The van der Waals surface area contributed by atoms with Crippen LogP contribution in [0.5, 0.6) is 5.75 Å². The summed E-state index contributed by atoms with van der Waals surface area (Å²) >= 11 is 0. The van der Waals surface area contributed by atoms with Crippen molar-refractivity contribution in [3.05, 3.63) is 71.8 Å². The Balaban J connectivity index is 1.44. The van der Waals surface area contributed by atoms with Crippen LogP contribution in [0.1, 0.15) is 60.0 Å². The summed E-state index contributed by atoms with van der Waals surface area (Å²) in [6, 6.07) is 13.4. The number of benzene rings is 2. The zero-order chi connectivity index (χ0) is 23.7. The highest BCUT2D eigenvalue weighted by atomic mass is 16.5. The molecule has 0 aromatic heterocycles. The first-order valence-electron chi connectivity index (χ1n) is 12.2.